The first-order valence-corrected chi connectivity index (χ1v) is 7.60. The molecule has 22 heavy (non-hydrogen) atoms. The Morgan fingerprint density at radius 1 is 1.50 bits per heavy atom. The minimum Gasteiger partial charge on any atom is -0.495 e. The number of ether oxygens (including phenoxy) is 1. The number of carbonyl (C=O) groups is 1. The van der Waals surface area contributed by atoms with Gasteiger partial charge >= 0.3 is 0 Å². The number of benzene rings is 1. The minimum atomic E-state index is -0.0510. The van der Waals surface area contributed by atoms with Gasteiger partial charge < -0.3 is 14.6 Å². The Morgan fingerprint density at radius 2 is 2.32 bits per heavy atom. The van der Waals surface area contributed by atoms with Crippen molar-refractivity contribution in [1.29, 1.82) is 0 Å². The number of nitrogens with one attached hydrogen (secondary N) is 1. The average molecular weight is 320 g/mol. The number of imidazole rings is 1. The maximum absolute atomic E-state index is 12.5. The number of aromatic nitrogens is 2. The Bertz CT molecular complexity index is 711. The van der Waals surface area contributed by atoms with E-state index in [2.05, 4.69) is 14.9 Å². The van der Waals surface area contributed by atoms with Crippen LogP contribution in [0.2, 0.25) is 5.02 Å². The number of hydrogen-bond donors (Lipinski definition) is 1. The van der Waals surface area contributed by atoms with E-state index in [0.29, 0.717) is 22.9 Å². The number of amides is 1. The molecule has 1 atom stereocenters. The van der Waals surface area contributed by atoms with E-state index in [0.717, 1.165) is 24.2 Å². The van der Waals surface area contributed by atoms with Gasteiger partial charge in [-0.25, -0.2) is 4.98 Å². The van der Waals surface area contributed by atoms with Crippen molar-refractivity contribution >= 4 is 23.2 Å². The van der Waals surface area contributed by atoms with Crippen LogP contribution in [0.25, 0.3) is 0 Å². The molecular formula is C16H18ClN3O2. The summed E-state index contributed by atoms with van der Waals surface area (Å²) in [4.78, 5) is 16.7. The average Bonchev–Trinajstić information content (AvgIpc) is 2.98. The van der Waals surface area contributed by atoms with Gasteiger partial charge in [-0.15, -0.1) is 0 Å². The normalized spacial score (nSPS) is 17.0. The van der Waals surface area contributed by atoms with Gasteiger partial charge in [0.1, 0.15) is 5.75 Å². The lowest BCUT2D eigenvalue weighted by atomic mass is 9.95. The van der Waals surface area contributed by atoms with E-state index >= 15 is 0 Å². The Labute approximate surface area is 134 Å². The predicted octanol–water partition coefficient (Wildman–Crippen LogP) is 3.05. The van der Waals surface area contributed by atoms with Gasteiger partial charge in [0, 0.05) is 41.9 Å². The fraction of sp³-hybridized carbons (Fsp3) is 0.375. The third kappa shape index (κ3) is 2.81. The highest BCUT2D eigenvalue weighted by Crippen LogP contribution is 2.32. The van der Waals surface area contributed by atoms with Gasteiger partial charge in [-0.2, -0.15) is 0 Å². The van der Waals surface area contributed by atoms with Gasteiger partial charge in [-0.1, -0.05) is 11.6 Å². The minimum absolute atomic E-state index is 0.00692. The first kappa shape index (κ1) is 14.9. The van der Waals surface area contributed by atoms with Crippen LogP contribution in [0.5, 0.6) is 5.75 Å². The lowest BCUT2D eigenvalue weighted by molar-refractivity contribution is -0.120. The molecule has 1 N–H and O–H groups in total. The number of anilines is 1. The molecule has 5 nitrogen and oxygen atoms in total. The quantitative estimate of drug-likeness (QED) is 0.946. The molecule has 0 aliphatic carbocycles. The number of carbonyl (C=O) groups excluding carboxylic acids is 1. The maximum atomic E-state index is 12.5. The van der Waals surface area contributed by atoms with E-state index in [-0.39, 0.29) is 11.8 Å². The summed E-state index contributed by atoms with van der Waals surface area (Å²) in [6.07, 6.45) is 5.16. The van der Waals surface area contributed by atoms with Crippen molar-refractivity contribution < 1.29 is 9.53 Å². The van der Waals surface area contributed by atoms with Crippen LogP contribution < -0.4 is 10.1 Å². The van der Waals surface area contributed by atoms with Gasteiger partial charge in [-0.05, 0) is 25.0 Å². The summed E-state index contributed by atoms with van der Waals surface area (Å²) in [7, 11) is 1.57. The zero-order chi connectivity index (χ0) is 15.7. The Hall–Kier alpha value is -2.01. The van der Waals surface area contributed by atoms with Gasteiger partial charge in [0.15, 0.2) is 0 Å². The van der Waals surface area contributed by atoms with Crippen molar-refractivity contribution in [1.82, 2.24) is 9.55 Å². The molecule has 1 aromatic heterocycles. The summed E-state index contributed by atoms with van der Waals surface area (Å²) < 4.78 is 7.39. The van der Waals surface area contributed by atoms with Crippen LogP contribution in [-0.4, -0.2) is 22.6 Å². The molecule has 1 aliphatic heterocycles. The zero-order valence-corrected chi connectivity index (χ0v) is 13.4. The third-order valence-corrected chi connectivity index (χ3v) is 4.49. The van der Waals surface area contributed by atoms with Crippen LogP contribution in [0.1, 0.15) is 17.7 Å². The standard InChI is InChI=1S/C16H18ClN3O2/c1-10-5-14(15(22-2)7-13(10)17)19-16(21)11-3-4-20-9-18-8-12(20)6-11/h5,7-9,11H,3-4,6H2,1-2H3,(H,19,21). The molecule has 6 heteroatoms. The van der Waals surface area contributed by atoms with Crippen molar-refractivity contribution in [3.05, 3.63) is 40.9 Å². The lowest BCUT2D eigenvalue weighted by Crippen LogP contribution is -2.30. The number of fused-ring (bicyclic) bond motifs is 1. The van der Waals surface area contributed by atoms with E-state index in [1.165, 1.54) is 0 Å². The molecule has 0 radical (unpaired) electrons. The molecule has 1 aromatic carbocycles. The molecular weight excluding hydrogens is 302 g/mol. The summed E-state index contributed by atoms with van der Waals surface area (Å²) in [6, 6.07) is 3.56. The molecule has 116 valence electrons. The molecule has 2 heterocycles. The molecule has 2 aromatic rings. The highest BCUT2D eigenvalue weighted by molar-refractivity contribution is 6.31. The van der Waals surface area contributed by atoms with E-state index < -0.39 is 0 Å². The first-order valence-electron chi connectivity index (χ1n) is 7.22. The van der Waals surface area contributed by atoms with E-state index in [4.69, 9.17) is 16.3 Å². The van der Waals surface area contributed by atoms with Crippen molar-refractivity contribution in [2.24, 2.45) is 5.92 Å². The first-order chi connectivity index (χ1) is 10.6. The second-order valence-electron chi connectivity index (χ2n) is 5.56. The molecule has 1 unspecified atom stereocenters. The van der Waals surface area contributed by atoms with E-state index in [1.54, 1.807) is 13.2 Å². The number of rotatable bonds is 3. The highest BCUT2D eigenvalue weighted by Gasteiger charge is 2.25. The Balaban J connectivity index is 1.76. The van der Waals surface area contributed by atoms with Crippen LogP contribution >= 0.6 is 11.6 Å². The molecule has 0 fully saturated rings. The molecule has 0 saturated heterocycles. The maximum Gasteiger partial charge on any atom is 0.228 e. The second kappa shape index (κ2) is 6.01. The summed E-state index contributed by atoms with van der Waals surface area (Å²) in [5, 5.41) is 3.59. The van der Waals surface area contributed by atoms with Crippen molar-refractivity contribution in [3.8, 4) is 5.75 Å². The van der Waals surface area contributed by atoms with Crippen LogP contribution in [0.4, 0.5) is 5.69 Å². The molecule has 1 aliphatic rings. The third-order valence-electron chi connectivity index (χ3n) is 4.08. The van der Waals surface area contributed by atoms with Crippen LogP contribution in [0, 0.1) is 12.8 Å². The summed E-state index contributed by atoms with van der Waals surface area (Å²) in [5.74, 6) is 0.530. The van der Waals surface area contributed by atoms with Crippen LogP contribution in [0.15, 0.2) is 24.7 Å². The van der Waals surface area contributed by atoms with Gasteiger partial charge in [0.05, 0.1) is 19.1 Å². The summed E-state index contributed by atoms with van der Waals surface area (Å²) >= 11 is 6.09. The highest BCUT2D eigenvalue weighted by atomic mass is 35.5. The fourth-order valence-corrected chi connectivity index (χ4v) is 2.91. The topological polar surface area (TPSA) is 56.1 Å². The lowest BCUT2D eigenvalue weighted by Gasteiger charge is -2.23. The second-order valence-corrected chi connectivity index (χ2v) is 5.97. The van der Waals surface area contributed by atoms with E-state index in [1.807, 2.05) is 25.5 Å². The molecule has 0 saturated carbocycles. The van der Waals surface area contributed by atoms with Crippen LogP contribution in [0.3, 0.4) is 0 Å². The Morgan fingerprint density at radius 3 is 3.09 bits per heavy atom. The molecule has 1 amide bonds. The summed E-state index contributed by atoms with van der Waals surface area (Å²) in [5.41, 5.74) is 2.67. The number of methoxy groups -OCH3 is 1. The SMILES string of the molecule is COc1cc(Cl)c(C)cc1NC(=O)C1CCn2cncc2C1. The number of aryl methyl sites for hydroxylation is 2. The fourth-order valence-electron chi connectivity index (χ4n) is 2.76. The molecule has 3 rings (SSSR count). The van der Waals surface area contributed by atoms with Gasteiger partial charge in [0.25, 0.3) is 0 Å². The van der Waals surface area contributed by atoms with Crippen LogP contribution in [-0.2, 0) is 17.8 Å². The van der Waals surface area contributed by atoms with Crippen molar-refractivity contribution in [2.45, 2.75) is 26.3 Å². The van der Waals surface area contributed by atoms with Gasteiger partial charge in [0.2, 0.25) is 5.91 Å². The Kier molecular flexibility index (Phi) is 4.07. The largest absolute Gasteiger partial charge is 0.495 e. The van der Waals surface area contributed by atoms with Gasteiger partial charge in [-0.3, -0.25) is 4.79 Å². The number of hydrogen-bond acceptors (Lipinski definition) is 3. The van der Waals surface area contributed by atoms with Crippen molar-refractivity contribution in [2.75, 3.05) is 12.4 Å². The predicted molar refractivity (Wildman–Crippen MR) is 85.4 cm³/mol. The zero-order valence-electron chi connectivity index (χ0n) is 12.6. The molecule has 0 bridgehead atoms. The van der Waals surface area contributed by atoms with Crippen molar-refractivity contribution in [3.63, 3.8) is 0 Å². The number of halogens is 1. The smallest absolute Gasteiger partial charge is 0.228 e. The molecule has 0 spiro atoms. The monoisotopic (exact) mass is 319 g/mol. The summed E-state index contributed by atoms with van der Waals surface area (Å²) in [6.45, 7) is 2.72. The number of nitrogens with zero attached hydrogens (tertiary/aromatic N) is 2. The van der Waals surface area contributed by atoms with E-state index in [9.17, 15) is 4.79 Å².